The number of methoxy groups -OCH3 is 1. The van der Waals surface area contributed by atoms with Crippen LogP contribution >= 0.6 is 0 Å². The molecule has 0 fully saturated rings. The van der Waals surface area contributed by atoms with Crippen LogP contribution in [0.15, 0.2) is 0 Å². The highest BCUT2D eigenvalue weighted by Gasteiger charge is 2.33. The molecule has 0 heterocycles. The van der Waals surface area contributed by atoms with Crippen LogP contribution in [0.3, 0.4) is 0 Å². The van der Waals surface area contributed by atoms with Crippen molar-refractivity contribution in [1.82, 2.24) is 5.32 Å². The summed E-state index contributed by atoms with van der Waals surface area (Å²) in [6, 6.07) is 0. The van der Waals surface area contributed by atoms with E-state index in [1.54, 1.807) is 7.11 Å². The van der Waals surface area contributed by atoms with E-state index in [0.29, 0.717) is 26.2 Å². The molecule has 0 radical (unpaired) electrons. The Morgan fingerprint density at radius 3 is 2.60 bits per heavy atom. The van der Waals surface area contributed by atoms with Gasteiger partial charge < -0.3 is 19.5 Å². The Morgan fingerprint density at radius 2 is 2.05 bits per heavy atom. The van der Waals surface area contributed by atoms with Crippen molar-refractivity contribution in [3.05, 3.63) is 0 Å². The molecule has 0 aliphatic rings. The third-order valence-electron chi connectivity index (χ3n) is 3.12. The van der Waals surface area contributed by atoms with Gasteiger partial charge in [-0.1, -0.05) is 6.92 Å². The first-order valence-corrected chi connectivity index (χ1v) is 7.53. The third kappa shape index (κ3) is 7.82. The Kier molecular flexibility index (Phi) is 10.7. The molecule has 1 N–H and O–H groups in total. The minimum Gasteiger partial charge on any atom is -0.465 e. The summed E-state index contributed by atoms with van der Waals surface area (Å²) in [6.45, 7) is 10.2. The Balaban J connectivity index is 4.19. The van der Waals surface area contributed by atoms with Gasteiger partial charge in [-0.3, -0.25) is 4.79 Å². The van der Waals surface area contributed by atoms with E-state index in [1.807, 2.05) is 20.8 Å². The van der Waals surface area contributed by atoms with Gasteiger partial charge >= 0.3 is 5.97 Å². The summed E-state index contributed by atoms with van der Waals surface area (Å²) in [4.78, 5) is 12.1. The minimum atomic E-state index is -0.625. The number of ether oxygens (including phenoxy) is 3. The van der Waals surface area contributed by atoms with Gasteiger partial charge in [0.2, 0.25) is 0 Å². The van der Waals surface area contributed by atoms with Crippen molar-refractivity contribution in [2.45, 2.75) is 58.6 Å². The molecule has 0 spiro atoms. The maximum Gasteiger partial charge on any atom is 0.326 e. The average Bonchev–Trinajstić information content (AvgIpc) is 2.42. The van der Waals surface area contributed by atoms with Gasteiger partial charge in [-0.05, 0) is 46.6 Å². The minimum absolute atomic E-state index is 0.0810. The molecule has 0 saturated carbocycles. The monoisotopic (exact) mass is 289 g/mol. The molecule has 0 aromatic carbocycles. The number of esters is 1. The number of nitrogens with one attached hydrogen (secondary N) is 1. The molecular formula is C15H31NO4. The lowest BCUT2D eigenvalue weighted by molar-refractivity contribution is -0.151. The van der Waals surface area contributed by atoms with Gasteiger partial charge in [-0.25, -0.2) is 0 Å². The number of rotatable bonds is 12. The first-order valence-electron chi connectivity index (χ1n) is 7.53. The molecule has 0 aliphatic carbocycles. The highest BCUT2D eigenvalue weighted by Crippen LogP contribution is 2.15. The maximum atomic E-state index is 12.1. The van der Waals surface area contributed by atoms with Crippen LogP contribution in [0.1, 0.15) is 47.0 Å². The SMILES string of the molecule is CCCNC(C)(CCCOC(C)COC)C(=O)OCC. The van der Waals surface area contributed by atoms with Crippen LogP contribution in [-0.4, -0.2) is 51.1 Å². The molecule has 0 aliphatic heterocycles. The van der Waals surface area contributed by atoms with E-state index in [1.165, 1.54) is 0 Å². The number of hydrogen-bond donors (Lipinski definition) is 1. The standard InChI is InChI=1S/C15H31NO4/c1-6-10-16-15(4,14(17)19-7-2)9-8-11-20-13(3)12-18-5/h13,16H,6-12H2,1-5H3. The second-order valence-electron chi connectivity index (χ2n) is 5.22. The van der Waals surface area contributed by atoms with Crippen LogP contribution < -0.4 is 5.32 Å². The first kappa shape index (κ1) is 19.4. The van der Waals surface area contributed by atoms with Crippen molar-refractivity contribution in [2.24, 2.45) is 0 Å². The van der Waals surface area contributed by atoms with Crippen LogP contribution in [0.25, 0.3) is 0 Å². The van der Waals surface area contributed by atoms with E-state index < -0.39 is 5.54 Å². The summed E-state index contributed by atoms with van der Waals surface area (Å²) in [5, 5.41) is 3.29. The summed E-state index contributed by atoms with van der Waals surface area (Å²) < 4.78 is 15.8. The maximum absolute atomic E-state index is 12.1. The number of carbonyl (C=O) groups excluding carboxylic acids is 1. The van der Waals surface area contributed by atoms with Crippen molar-refractivity contribution in [2.75, 3.05) is 33.5 Å². The van der Waals surface area contributed by atoms with E-state index in [9.17, 15) is 4.79 Å². The lowest BCUT2D eigenvalue weighted by atomic mass is 9.95. The van der Waals surface area contributed by atoms with Crippen LogP contribution in [0.5, 0.6) is 0 Å². The zero-order valence-electron chi connectivity index (χ0n) is 13.7. The van der Waals surface area contributed by atoms with Gasteiger partial charge in [-0.15, -0.1) is 0 Å². The fourth-order valence-electron chi connectivity index (χ4n) is 1.95. The topological polar surface area (TPSA) is 56.8 Å². The zero-order chi connectivity index (χ0) is 15.4. The van der Waals surface area contributed by atoms with Gasteiger partial charge in [0, 0.05) is 13.7 Å². The fraction of sp³-hybridized carbons (Fsp3) is 0.933. The summed E-state index contributed by atoms with van der Waals surface area (Å²) in [5.74, 6) is -0.182. The molecule has 0 aromatic heterocycles. The van der Waals surface area contributed by atoms with E-state index in [4.69, 9.17) is 14.2 Å². The fourth-order valence-corrected chi connectivity index (χ4v) is 1.95. The van der Waals surface area contributed by atoms with Crippen molar-refractivity contribution < 1.29 is 19.0 Å². The van der Waals surface area contributed by atoms with Gasteiger partial charge in [0.1, 0.15) is 5.54 Å². The smallest absolute Gasteiger partial charge is 0.326 e. The van der Waals surface area contributed by atoms with Crippen molar-refractivity contribution in [1.29, 1.82) is 0 Å². The lowest BCUT2D eigenvalue weighted by Crippen LogP contribution is -2.51. The molecular weight excluding hydrogens is 258 g/mol. The largest absolute Gasteiger partial charge is 0.465 e. The molecule has 0 rings (SSSR count). The summed E-state index contributed by atoms with van der Waals surface area (Å²) >= 11 is 0. The summed E-state index contributed by atoms with van der Waals surface area (Å²) in [7, 11) is 1.66. The quantitative estimate of drug-likeness (QED) is 0.440. The van der Waals surface area contributed by atoms with E-state index in [2.05, 4.69) is 12.2 Å². The van der Waals surface area contributed by atoms with Gasteiger partial charge in [0.05, 0.1) is 19.3 Å². The molecule has 0 aromatic rings. The van der Waals surface area contributed by atoms with E-state index >= 15 is 0 Å². The molecule has 0 amide bonds. The van der Waals surface area contributed by atoms with Crippen LogP contribution in [0, 0.1) is 0 Å². The molecule has 20 heavy (non-hydrogen) atoms. The molecule has 0 bridgehead atoms. The number of hydrogen-bond acceptors (Lipinski definition) is 5. The van der Waals surface area contributed by atoms with Gasteiger partial charge in [0.15, 0.2) is 0 Å². The Bertz CT molecular complexity index is 260. The van der Waals surface area contributed by atoms with Crippen molar-refractivity contribution in [3.63, 3.8) is 0 Å². The van der Waals surface area contributed by atoms with Crippen LogP contribution in [0.2, 0.25) is 0 Å². The Hall–Kier alpha value is -0.650. The summed E-state index contributed by atoms with van der Waals surface area (Å²) in [5.41, 5.74) is -0.625. The Morgan fingerprint density at radius 1 is 1.35 bits per heavy atom. The van der Waals surface area contributed by atoms with E-state index in [-0.39, 0.29) is 12.1 Å². The molecule has 2 unspecified atom stereocenters. The predicted octanol–water partition coefficient (Wildman–Crippen LogP) is 2.14. The molecule has 5 nitrogen and oxygen atoms in total. The summed E-state index contributed by atoms with van der Waals surface area (Å²) in [6.07, 6.45) is 2.57. The number of carbonyl (C=O) groups is 1. The molecule has 120 valence electrons. The van der Waals surface area contributed by atoms with Crippen LogP contribution in [0.4, 0.5) is 0 Å². The Labute approximate surface area is 123 Å². The van der Waals surface area contributed by atoms with Crippen molar-refractivity contribution >= 4 is 5.97 Å². The molecule has 0 saturated heterocycles. The molecule has 5 heteroatoms. The van der Waals surface area contributed by atoms with Crippen molar-refractivity contribution in [3.8, 4) is 0 Å². The zero-order valence-corrected chi connectivity index (χ0v) is 13.7. The molecule has 2 atom stereocenters. The predicted molar refractivity (Wildman–Crippen MR) is 79.9 cm³/mol. The first-order chi connectivity index (χ1) is 9.50. The third-order valence-corrected chi connectivity index (χ3v) is 3.12. The highest BCUT2D eigenvalue weighted by atomic mass is 16.5. The second kappa shape index (κ2) is 11.1. The average molecular weight is 289 g/mol. The van der Waals surface area contributed by atoms with Gasteiger partial charge in [-0.2, -0.15) is 0 Å². The van der Waals surface area contributed by atoms with E-state index in [0.717, 1.165) is 19.4 Å². The highest BCUT2D eigenvalue weighted by molar-refractivity contribution is 5.80. The lowest BCUT2D eigenvalue weighted by Gasteiger charge is -2.28. The van der Waals surface area contributed by atoms with Gasteiger partial charge in [0.25, 0.3) is 0 Å². The normalized spacial score (nSPS) is 15.7. The van der Waals surface area contributed by atoms with Crippen LogP contribution in [-0.2, 0) is 19.0 Å². The second-order valence-corrected chi connectivity index (χ2v) is 5.22.